The first-order chi connectivity index (χ1) is 10.3. The average molecular weight is 309 g/mol. The summed E-state index contributed by atoms with van der Waals surface area (Å²) < 4.78 is 10.4. The Bertz CT molecular complexity index is 485. The first-order valence-electron chi connectivity index (χ1n) is 7.94. The van der Waals surface area contributed by atoms with Crippen LogP contribution in [0.15, 0.2) is 10.6 Å². The Kier molecular flexibility index (Phi) is 5.45. The van der Waals surface area contributed by atoms with Crippen LogP contribution in [0.3, 0.4) is 0 Å². The molecule has 0 radical (unpaired) electrons. The van der Waals surface area contributed by atoms with Gasteiger partial charge in [-0.25, -0.2) is 4.79 Å². The summed E-state index contributed by atoms with van der Waals surface area (Å²) in [6.45, 7) is 10.8. The van der Waals surface area contributed by atoms with Crippen molar-refractivity contribution >= 4 is 6.09 Å². The van der Waals surface area contributed by atoms with Crippen LogP contribution in [0.2, 0.25) is 0 Å². The van der Waals surface area contributed by atoms with E-state index < -0.39 is 5.60 Å². The molecule has 0 atom stereocenters. The van der Waals surface area contributed by atoms with Gasteiger partial charge in [0.15, 0.2) is 0 Å². The van der Waals surface area contributed by atoms with Gasteiger partial charge in [0.05, 0.1) is 5.69 Å². The van der Waals surface area contributed by atoms with E-state index in [1.54, 1.807) is 0 Å². The highest BCUT2D eigenvalue weighted by atomic mass is 16.6. The average Bonchev–Trinajstić information content (AvgIpc) is 2.83. The SMILES string of the molecule is Cc1cc(CNCC2CCN(C(=O)OC(C)(C)C)CC2)no1. The number of amides is 1. The minimum absolute atomic E-state index is 0.197. The Morgan fingerprint density at radius 1 is 1.45 bits per heavy atom. The summed E-state index contributed by atoms with van der Waals surface area (Å²) in [7, 11) is 0. The van der Waals surface area contributed by atoms with Crippen molar-refractivity contribution in [3.8, 4) is 0 Å². The molecule has 1 aliphatic rings. The highest BCUT2D eigenvalue weighted by molar-refractivity contribution is 5.68. The number of aryl methyl sites for hydroxylation is 1. The number of piperidine rings is 1. The number of nitrogens with zero attached hydrogens (tertiary/aromatic N) is 2. The predicted molar refractivity (Wildman–Crippen MR) is 83.5 cm³/mol. The van der Waals surface area contributed by atoms with Crippen LogP contribution in [0.25, 0.3) is 0 Å². The molecule has 6 nitrogen and oxygen atoms in total. The van der Waals surface area contributed by atoms with E-state index in [0.29, 0.717) is 5.92 Å². The number of hydrogen-bond donors (Lipinski definition) is 1. The molecular formula is C16H27N3O3. The van der Waals surface area contributed by atoms with Crippen LogP contribution in [0.5, 0.6) is 0 Å². The molecule has 0 saturated carbocycles. The van der Waals surface area contributed by atoms with E-state index in [2.05, 4.69) is 10.5 Å². The number of rotatable bonds is 4. The van der Waals surface area contributed by atoms with Gasteiger partial charge in [-0.3, -0.25) is 0 Å². The summed E-state index contributed by atoms with van der Waals surface area (Å²) in [4.78, 5) is 13.8. The minimum atomic E-state index is -0.425. The Morgan fingerprint density at radius 2 is 2.14 bits per heavy atom. The lowest BCUT2D eigenvalue weighted by Gasteiger charge is -2.33. The van der Waals surface area contributed by atoms with Gasteiger partial charge in [-0.15, -0.1) is 0 Å². The molecule has 1 aromatic heterocycles. The normalized spacial score (nSPS) is 16.8. The van der Waals surface area contributed by atoms with Crippen molar-refractivity contribution in [2.24, 2.45) is 5.92 Å². The van der Waals surface area contributed by atoms with Gasteiger partial charge < -0.3 is 19.5 Å². The zero-order chi connectivity index (χ0) is 16.2. The first kappa shape index (κ1) is 16.8. The maximum Gasteiger partial charge on any atom is 0.410 e. The molecule has 6 heteroatoms. The molecule has 124 valence electrons. The zero-order valence-corrected chi connectivity index (χ0v) is 14.0. The number of likely N-dealkylation sites (tertiary alicyclic amines) is 1. The maximum atomic E-state index is 12.0. The third-order valence-corrected chi connectivity index (χ3v) is 3.68. The number of aromatic nitrogens is 1. The second kappa shape index (κ2) is 7.13. The summed E-state index contributed by atoms with van der Waals surface area (Å²) >= 11 is 0. The fourth-order valence-electron chi connectivity index (χ4n) is 2.55. The second-order valence-corrected chi connectivity index (χ2v) is 6.97. The molecule has 2 rings (SSSR count). The van der Waals surface area contributed by atoms with E-state index in [-0.39, 0.29) is 6.09 Å². The molecule has 0 aliphatic carbocycles. The number of nitrogens with one attached hydrogen (secondary N) is 1. The van der Waals surface area contributed by atoms with Crippen LogP contribution in [0.1, 0.15) is 45.1 Å². The fourth-order valence-corrected chi connectivity index (χ4v) is 2.55. The molecule has 1 amide bonds. The van der Waals surface area contributed by atoms with Crippen LogP contribution in [-0.2, 0) is 11.3 Å². The van der Waals surface area contributed by atoms with Gasteiger partial charge in [0.1, 0.15) is 11.4 Å². The van der Waals surface area contributed by atoms with Crippen molar-refractivity contribution in [1.82, 2.24) is 15.4 Å². The molecule has 1 saturated heterocycles. The highest BCUT2D eigenvalue weighted by Crippen LogP contribution is 2.19. The van der Waals surface area contributed by atoms with Crippen molar-refractivity contribution in [2.45, 2.75) is 52.7 Å². The smallest absolute Gasteiger partial charge is 0.410 e. The van der Waals surface area contributed by atoms with Crippen LogP contribution in [0, 0.1) is 12.8 Å². The quantitative estimate of drug-likeness (QED) is 0.926. The Labute approximate surface area is 132 Å². The van der Waals surface area contributed by atoms with E-state index >= 15 is 0 Å². The third-order valence-electron chi connectivity index (χ3n) is 3.68. The van der Waals surface area contributed by atoms with Crippen molar-refractivity contribution in [1.29, 1.82) is 0 Å². The van der Waals surface area contributed by atoms with Gasteiger partial charge in [0.25, 0.3) is 0 Å². The van der Waals surface area contributed by atoms with E-state index in [1.165, 1.54) is 0 Å². The summed E-state index contributed by atoms with van der Waals surface area (Å²) in [6, 6.07) is 1.94. The summed E-state index contributed by atoms with van der Waals surface area (Å²) in [5, 5.41) is 7.37. The lowest BCUT2D eigenvalue weighted by Crippen LogP contribution is -2.43. The van der Waals surface area contributed by atoms with Crippen molar-refractivity contribution in [2.75, 3.05) is 19.6 Å². The first-order valence-corrected chi connectivity index (χ1v) is 7.94. The minimum Gasteiger partial charge on any atom is -0.444 e. The molecule has 22 heavy (non-hydrogen) atoms. The molecule has 0 bridgehead atoms. The molecular weight excluding hydrogens is 282 g/mol. The maximum absolute atomic E-state index is 12.0. The van der Waals surface area contributed by atoms with Crippen molar-refractivity contribution < 1.29 is 14.1 Å². The predicted octanol–water partition coefficient (Wildman–Crippen LogP) is 2.72. The second-order valence-electron chi connectivity index (χ2n) is 6.97. The Balaban J connectivity index is 1.65. The molecule has 1 aromatic rings. The van der Waals surface area contributed by atoms with E-state index in [1.807, 2.05) is 38.7 Å². The largest absolute Gasteiger partial charge is 0.444 e. The molecule has 1 aliphatic heterocycles. The lowest BCUT2D eigenvalue weighted by atomic mass is 9.97. The molecule has 0 spiro atoms. The Morgan fingerprint density at radius 3 is 2.68 bits per heavy atom. The summed E-state index contributed by atoms with van der Waals surface area (Å²) in [6.07, 6.45) is 1.81. The van der Waals surface area contributed by atoms with Crippen LogP contribution >= 0.6 is 0 Å². The van der Waals surface area contributed by atoms with Crippen LogP contribution in [0.4, 0.5) is 4.79 Å². The van der Waals surface area contributed by atoms with Gasteiger partial charge in [-0.1, -0.05) is 5.16 Å². The monoisotopic (exact) mass is 309 g/mol. The zero-order valence-electron chi connectivity index (χ0n) is 14.0. The molecule has 1 N–H and O–H groups in total. The molecule has 2 heterocycles. The lowest BCUT2D eigenvalue weighted by molar-refractivity contribution is 0.0184. The third kappa shape index (κ3) is 5.33. The van der Waals surface area contributed by atoms with Gasteiger partial charge >= 0.3 is 6.09 Å². The number of carbonyl (C=O) groups excluding carboxylic acids is 1. The number of carbonyl (C=O) groups is 1. The van der Waals surface area contributed by atoms with E-state index in [0.717, 1.165) is 50.5 Å². The van der Waals surface area contributed by atoms with Crippen molar-refractivity contribution in [3.05, 3.63) is 17.5 Å². The van der Waals surface area contributed by atoms with Gasteiger partial charge in [-0.2, -0.15) is 0 Å². The van der Waals surface area contributed by atoms with E-state index in [4.69, 9.17) is 9.26 Å². The molecule has 1 fully saturated rings. The van der Waals surface area contributed by atoms with E-state index in [9.17, 15) is 4.79 Å². The standard InChI is InChI=1S/C16H27N3O3/c1-12-9-14(18-22-12)11-17-10-13-5-7-19(8-6-13)15(20)21-16(2,3)4/h9,13,17H,5-8,10-11H2,1-4H3. The summed E-state index contributed by atoms with van der Waals surface area (Å²) in [5.74, 6) is 1.43. The van der Waals surface area contributed by atoms with Crippen molar-refractivity contribution in [3.63, 3.8) is 0 Å². The highest BCUT2D eigenvalue weighted by Gasteiger charge is 2.26. The van der Waals surface area contributed by atoms with Gasteiger partial charge in [-0.05, 0) is 53.0 Å². The van der Waals surface area contributed by atoms with Gasteiger partial charge in [0, 0.05) is 25.7 Å². The van der Waals surface area contributed by atoms with Gasteiger partial charge in [0.2, 0.25) is 0 Å². The number of hydrogen-bond acceptors (Lipinski definition) is 5. The number of ether oxygens (including phenoxy) is 1. The topological polar surface area (TPSA) is 67.6 Å². The molecule has 0 unspecified atom stereocenters. The van der Waals surface area contributed by atoms with Crippen LogP contribution < -0.4 is 5.32 Å². The fraction of sp³-hybridized carbons (Fsp3) is 0.750. The summed E-state index contributed by atoms with van der Waals surface area (Å²) in [5.41, 5.74) is 0.509. The Hall–Kier alpha value is -1.56. The molecule has 0 aromatic carbocycles. The van der Waals surface area contributed by atoms with Crippen LogP contribution in [-0.4, -0.2) is 41.4 Å².